The molecule has 2 nitrogen and oxygen atoms in total. The largest absolute Gasteiger partial charge is 0.398 e. The molecule has 0 saturated carbocycles. The summed E-state index contributed by atoms with van der Waals surface area (Å²) in [5, 5.41) is 3.53. The Morgan fingerprint density at radius 3 is 1.73 bits per heavy atom. The summed E-state index contributed by atoms with van der Waals surface area (Å²) < 4.78 is 0. The summed E-state index contributed by atoms with van der Waals surface area (Å²) in [6.45, 7) is 4.49. The van der Waals surface area contributed by atoms with Gasteiger partial charge in [-0.05, 0) is 72.7 Å². The van der Waals surface area contributed by atoms with Crippen molar-refractivity contribution in [2.24, 2.45) is 0 Å². The molecule has 3 aromatic carbocycles. The van der Waals surface area contributed by atoms with Crippen LogP contribution in [-0.2, 0) is 12.8 Å². The van der Waals surface area contributed by atoms with Crippen molar-refractivity contribution < 1.29 is 0 Å². The van der Waals surface area contributed by atoms with E-state index in [0.29, 0.717) is 0 Å². The molecule has 0 atom stereocenters. The third-order valence-electron chi connectivity index (χ3n) is 5.70. The molecular formula is C28H36N2. The Bertz CT molecular complexity index is 895. The maximum atomic E-state index is 6.30. The first-order chi connectivity index (χ1) is 14.7. The third-order valence-corrected chi connectivity index (χ3v) is 5.70. The van der Waals surface area contributed by atoms with Gasteiger partial charge >= 0.3 is 0 Å². The van der Waals surface area contributed by atoms with Crippen molar-refractivity contribution in [3.63, 3.8) is 0 Å². The van der Waals surface area contributed by atoms with Gasteiger partial charge in [-0.3, -0.25) is 0 Å². The number of nitrogen functional groups attached to an aromatic ring is 1. The molecule has 30 heavy (non-hydrogen) atoms. The SMILES string of the molecule is CCCCCc1ccc(Nc2ccc(N)c(-c3ccc(CCCCC)cc3)c2)cc1. The Morgan fingerprint density at radius 1 is 0.633 bits per heavy atom. The molecule has 0 fully saturated rings. The van der Waals surface area contributed by atoms with Crippen molar-refractivity contribution in [3.8, 4) is 11.1 Å². The van der Waals surface area contributed by atoms with E-state index in [-0.39, 0.29) is 0 Å². The topological polar surface area (TPSA) is 38.0 Å². The summed E-state index contributed by atoms with van der Waals surface area (Å²) in [4.78, 5) is 0. The summed E-state index contributed by atoms with van der Waals surface area (Å²) in [5.41, 5.74) is 14.3. The zero-order valence-corrected chi connectivity index (χ0v) is 18.6. The van der Waals surface area contributed by atoms with E-state index in [9.17, 15) is 0 Å². The number of anilines is 3. The molecule has 3 N–H and O–H groups in total. The smallest absolute Gasteiger partial charge is 0.0395 e. The van der Waals surface area contributed by atoms with E-state index in [2.05, 4.69) is 73.8 Å². The van der Waals surface area contributed by atoms with Gasteiger partial charge in [0.2, 0.25) is 0 Å². The first-order valence-corrected chi connectivity index (χ1v) is 11.5. The van der Waals surface area contributed by atoms with E-state index >= 15 is 0 Å². The molecular weight excluding hydrogens is 364 g/mol. The van der Waals surface area contributed by atoms with Crippen LogP contribution in [-0.4, -0.2) is 0 Å². The van der Waals surface area contributed by atoms with Gasteiger partial charge in [-0.25, -0.2) is 0 Å². The number of benzene rings is 3. The standard InChI is InChI=1S/C28H36N2/c1-3-5-7-9-22-11-15-24(16-12-22)27-21-26(19-20-28(27)29)30-25-17-13-23(14-18-25)10-8-6-4-2/h11-21,30H,3-10,29H2,1-2H3. The number of hydrogen-bond acceptors (Lipinski definition) is 2. The maximum absolute atomic E-state index is 6.30. The summed E-state index contributed by atoms with van der Waals surface area (Å²) in [7, 11) is 0. The highest BCUT2D eigenvalue weighted by Gasteiger charge is 2.06. The molecule has 0 unspecified atom stereocenters. The lowest BCUT2D eigenvalue weighted by atomic mass is 9.99. The summed E-state index contributed by atoms with van der Waals surface area (Å²) in [6.07, 6.45) is 9.96. The van der Waals surface area contributed by atoms with Crippen LogP contribution in [0.3, 0.4) is 0 Å². The number of rotatable bonds is 11. The molecule has 0 aliphatic carbocycles. The van der Waals surface area contributed by atoms with Crippen molar-refractivity contribution in [2.75, 3.05) is 11.1 Å². The fourth-order valence-corrected chi connectivity index (χ4v) is 3.81. The van der Waals surface area contributed by atoms with Crippen LogP contribution < -0.4 is 11.1 Å². The Hall–Kier alpha value is -2.74. The normalized spacial score (nSPS) is 10.9. The van der Waals surface area contributed by atoms with Gasteiger partial charge in [-0.15, -0.1) is 0 Å². The fraction of sp³-hybridized carbons (Fsp3) is 0.357. The van der Waals surface area contributed by atoms with Crippen LogP contribution in [0.4, 0.5) is 17.1 Å². The van der Waals surface area contributed by atoms with E-state index in [1.807, 2.05) is 12.1 Å². The van der Waals surface area contributed by atoms with Gasteiger partial charge in [0.1, 0.15) is 0 Å². The quantitative estimate of drug-likeness (QED) is 0.252. The second-order valence-corrected chi connectivity index (χ2v) is 8.24. The number of aryl methyl sites for hydroxylation is 2. The van der Waals surface area contributed by atoms with E-state index < -0.39 is 0 Å². The number of nitrogens with one attached hydrogen (secondary N) is 1. The van der Waals surface area contributed by atoms with Crippen LogP contribution in [0, 0.1) is 0 Å². The molecule has 0 aliphatic rings. The molecule has 0 radical (unpaired) electrons. The highest BCUT2D eigenvalue weighted by Crippen LogP contribution is 2.30. The van der Waals surface area contributed by atoms with Crippen LogP contribution >= 0.6 is 0 Å². The monoisotopic (exact) mass is 400 g/mol. The van der Waals surface area contributed by atoms with Crippen LogP contribution in [0.1, 0.15) is 63.5 Å². The van der Waals surface area contributed by atoms with Crippen LogP contribution in [0.5, 0.6) is 0 Å². The Kier molecular flexibility index (Phi) is 8.38. The molecule has 0 aromatic heterocycles. The van der Waals surface area contributed by atoms with E-state index in [1.165, 1.54) is 55.2 Å². The lowest BCUT2D eigenvalue weighted by molar-refractivity contribution is 0.717. The summed E-state index contributed by atoms with van der Waals surface area (Å²) in [5.74, 6) is 0. The van der Waals surface area contributed by atoms with Crippen molar-refractivity contribution in [1.82, 2.24) is 0 Å². The van der Waals surface area contributed by atoms with Gasteiger partial charge in [0.25, 0.3) is 0 Å². The molecule has 0 spiro atoms. The average molecular weight is 401 g/mol. The highest BCUT2D eigenvalue weighted by molar-refractivity contribution is 5.80. The minimum Gasteiger partial charge on any atom is -0.398 e. The lowest BCUT2D eigenvalue weighted by Crippen LogP contribution is -1.95. The zero-order valence-electron chi connectivity index (χ0n) is 18.6. The predicted molar refractivity (Wildman–Crippen MR) is 132 cm³/mol. The molecule has 0 amide bonds. The molecule has 0 aliphatic heterocycles. The van der Waals surface area contributed by atoms with Gasteiger partial charge < -0.3 is 11.1 Å². The third kappa shape index (κ3) is 6.38. The molecule has 3 aromatic rings. The van der Waals surface area contributed by atoms with E-state index in [4.69, 9.17) is 5.73 Å². The van der Waals surface area contributed by atoms with Crippen LogP contribution in [0.15, 0.2) is 66.7 Å². The van der Waals surface area contributed by atoms with Gasteiger partial charge in [0.15, 0.2) is 0 Å². The van der Waals surface area contributed by atoms with E-state index in [1.54, 1.807) is 0 Å². The second-order valence-electron chi connectivity index (χ2n) is 8.24. The van der Waals surface area contributed by atoms with Crippen molar-refractivity contribution in [2.45, 2.75) is 65.2 Å². The maximum Gasteiger partial charge on any atom is 0.0395 e. The summed E-state index contributed by atoms with van der Waals surface area (Å²) in [6, 6.07) is 23.9. The number of hydrogen-bond donors (Lipinski definition) is 2. The second kappa shape index (κ2) is 11.4. The minimum atomic E-state index is 0.811. The molecule has 0 heterocycles. The molecule has 2 heteroatoms. The van der Waals surface area contributed by atoms with Gasteiger partial charge in [-0.2, -0.15) is 0 Å². The zero-order chi connectivity index (χ0) is 21.2. The first kappa shape index (κ1) is 22.0. The van der Waals surface area contributed by atoms with Crippen molar-refractivity contribution >= 4 is 17.1 Å². The molecule has 0 bridgehead atoms. The highest BCUT2D eigenvalue weighted by atomic mass is 14.9. The first-order valence-electron chi connectivity index (χ1n) is 11.5. The Balaban J connectivity index is 1.67. The molecule has 0 saturated heterocycles. The fourth-order valence-electron chi connectivity index (χ4n) is 3.81. The van der Waals surface area contributed by atoms with Crippen molar-refractivity contribution in [1.29, 1.82) is 0 Å². The number of nitrogens with two attached hydrogens (primary N) is 1. The lowest BCUT2D eigenvalue weighted by Gasteiger charge is -2.12. The molecule has 158 valence electrons. The van der Waals surface area contributed by atoms with Gasteiger partial charge in [0, 0.05) is 22.6 Å². The Morgan fingerprint density at radius 2 is 1.17 bits per heavy atom. The van der Waals surface area contributed by atoms with Crippen molar-refractivity contribution in [3.05, 3.63) is 77.9 Å². The molecule has 3 rings (SSSR count). The minimum absolute atomic E-state index is 0.811. The predicted octanol–water partition coefficient (Wildman–Crippen LogP) is 8.14. The number of unbranched alkanes of at least 4 members (excludes halogenated alkanes) is 4. The van der Waals surface area contributed by atoms with Gasteiger partial charge in [-0.1, -0.05) is 75.9 Å². The average Bonchev–Trinajstić information content (AvgIpc) is 2.77. The van der Waals surface area contributed by atoms with Crippen LogP contribution in [0.25, 0.3) is 11.1 Å². The van der Waals surface area contributed by atoms with Gasteiger partial charge in [0.05, 0.1) is 0 Å². The van der Waals surface area contributed by atoms with E-state index in [0.717, 1.165) is 35.5 Å². The summed E-state index contributed by atoms with van der Waals surface area (Å²) >= 11 is 0. The van der Waals surface area contributed by atoms with Crippen LogP contribution in [0.2, 0.25) is 0 Å². The Labute approximate surface area is 182 Å².